The first-order valence-corrected chi connectivity index (χ1v) is 8.37. The first-order chi connectivity index (χ1) is 10.2. The molecule has 1 aromatic heterocycles. The summed E-state index contributed by atoms with van der Waals surface area (Å²) >= 11 is 0. The van der Waals surface area contributed by atoms with Gasteiger partial charge in [0.1, 0.15) is 5.52 Å². The number of nitrogens with zero attached hydrogens (tertiary/aromatic N) is 1. The predicted octanol–water partition coefficient (Wildman–Crippen LogP) is 5.33. The Bertz CT molecular complexity index is 580. The average Bonchev–Trinajstić information content (AvgIpc) is 2.73. The number of hydrogen-bond donors (Lipinski definition) is 1. The van der Waals surface area contributed by atoms with Crippen LogP contribution in [0.15, 0.2) is 22.6 Å². The molecule has 0 bridgehead atoms. The van der Waals surface area contributed by atoms with Gasteiger partial charge in [0.25, 0.3) is 0 Å². The minimum absolute atomic E-state index is 0.333. The minimum atomic E-state index is 0.333. The van der Waals surface area contributed by atoms with Gasteiger partial charge in [0.2, 0.25) is 0 Å². The van der Waals surface area contributed by atoms with E-state index in [-0.39, 0.29) is 0 Å². The zero-order valence-corrected chi connectivity index (χ0v) is 13.2. The van der Waals surface area contributed by atoms with Crippen molar-refractivity contribution in [3.05, 3.63) is 24.1 Å². The molecule has 3 rings (SSSR count). The Hall–Kier alpha value is -1.51. The monoisotopic (exact) mass is 286 g/mol. The zero-order chi connectivity index (χ0) is 14.7. The van der Waals surface area contributed by atoms with Crippen molar-refractivity contribution in [1.29, 1.82) is 0 Å². The van der Waals surface area contributed by atoms with Crippen LogP contribution in [0.4, 0.5) is 5.69 Å². The van der Waals surface area contributed by atoms with E-state index in [1.165, 1.54) is 38.5 Å². The van der Waals surface area contributed by atoms with Gasteiger partial charge in [-0.3, -0.25) is 0 Å². The van der Waals surface area contributed by atoms with Gasteiger partial charge < -0.3 is 9.73 Å². The van der Waals surface area contributed by atoms with Gasteiger partial charge in [-0.1, -0.05) is 39.5 Å². The lowest BCUT2D eigenvalue weighted by molar-refractivity contribution is 0.483. The van der Waals surface area contributed by atoms with Crippen LogP contribution in [-0.4, -0.2) is 11.5 Å². The quantitative estimate of drug-likeness (QED) is 0.772. The molecule has 1 heterocycles. The predicted molar refractivity (Wildman–Crippen MR) is 87.8 cm³/mol. The molecule has 0 aliphatic heterocycles. The molecule has 0 amide bonds. The fraction of sp³-hybridized carbons (Fsp3) is 0.611. The molecule has 3 nitrogen and oxygen atoms in total. The second-order valence-corrected chi connectivity index (χ2v) is 6.63. The highest BCUT2D eigenvalue weighted by molar-refractivity contribution is 5.77. The highest BCUT2D eigenvalue weighted by Gasteiger charge is 2.13. The van der Waals surface area contributed by atoms with Gasteiger partial charge in [0.15, 0.2) is 11.5 Å². The van der Waals surface area contributed by atoms with Crippen molar-refractivity contribution in [3.8, 4) is 0 Å². The average molecular weight is 286 g/mol. The Balaban J connectivity index is 1.66. The van der Waals surface area contributed by atoms with Crippen LogP contribution in [0.25, 0.3) is 11.1 Å². The normalized spacial score (nSPS) is 17.3. The van der Waals surface area contributed by atoms with Gasteiger partial charge in [-0.2, -0.15) is 0 Å². The van der Waals surface area contributed by atoms with Gasteiger partial charge in [-0.15, -0.1) is 0 Å². The van der Waals surface area contributed by atoms with Crippen LogP contribution < -0.4 is 5.32 Å². The van der Waals surface area contributed by atoms with Crippen LogP contribution >= 0.6 is 0 Å². The number of rotatable bonds is 4. The maximum atomic E-state index is 5.76. The van der Waals surface area contributed by atoms with Crippen LogP contribution in [0.3, 0.4) is 0 Å². The maximum Gasteiger partial charge on any atom is 0.198 e. The topological polar surface area (TPSA) is 38.1 Å². The maximum absolute atomic E-state index is 5.76. The molecule has 1 aromatic carbocycles. The van der Waals surface area contributed by atoms with Gasteiger partial charge in [0, 0.05) is 18.2 Å². The van der Waals surface area contributed by atoms with Crippen LogP contribution in [-0.2, 0) is 0 Å². The Morgan fingerprint density at radius 3 is 2.67 bits per heavy atom. The van der Waals surface area contributed by atoms with E-state index in [4.69, 9.17) is 4.42 Å². The van der Waals surface area contributed by atoms with Crippen molar-refractivity contribution < 1.29 is 4.42 Å². The number of hydrogen-bond acceptors (Lipinski definition) is 3. The van der Waals surface area contributed by atoms with E-state index < -0.39 is 0 Å². The summed E-state index contributed by atoms with van der Waals surface area (Å²) in [7, 11) is 0. The number of anilines is 1. The molecule has 0 radical (unpaired) electrons. The van der Waals surface area contributed by atoms with Crippen molar-refractivity contribution >= 4 is 16.8 Å². The largest absolute Gasteiger partial charge is 0.440 e. The Labute approximate surface area is 127 Å². The third-order valence-corrected chi connectivity index (χ3v) is 4.47. The second-order valence-electron chi connectivity index (χ2n) is 6.63. The molecule has 114 valence electrons. The lowest BCUT2D eigenvalue weighted by Crippen LogP contribution is -2.13. The van der Waals surface area contributed by atoms with E-state index in [1.807, 2.05) is 6.07 Å². The Morgan fingerprint density at radius 1 is 1.19 bits per heavy atom. The van der Waals surface area contributed by atoms with E-state index >= 15 is 0 Å². The second kappa shape index (κ2) is 6.50. The number of benzene rings is 1. The molecule has 0 saturated heterocycles. The van der Waals surface area contributed by atoms with Crippen molar-refractivity contribution in [2.24, 2.45) is 5.92 Å². The zero-order valence-electron chi connectivity index (χ0n) is 13.2. The molecule has 1 N–H and O–H groups in total. The number of aromatic nitrogens is 1. The van der Waals surface area contributed by atoms with Gasteiger partial charge >= 0.3 is 0 Å². The molecule has 0 unspecified atom stereocenters. The van der Waals surface area contributed by atoms with E-state index in [2.05, 4.69) is 36.3 Å². The fourth-order valence-electron chi connectivity index (χ4n) is 3.13. The fourth-order valence-corrected chi connectivity index (χ4v) is 3.13. The van der Waals surface area contributed by atoms with Crippen molar-refractivity contribution in [2.45, 2.75) is 58.3 Å². The van der Waals surface area contributed by atoms with Gasteiger partial charge in [0.05, 0.1) is 0 Å². The first-order valence-electron chi connectivity index (χ1n) is 8.37. The third kappa shape index (κ3) is 3.58. The molecule has 3 heteroatoms. The minimum Gasteiger partial charge on any atom is -0.440 e. The summed E-state index contributed by atoms with van der Waals surface area (Å²) in [5, 5.41) is 3.59. The number of nitrogens with one attached hydrogen (secondary N) is 1. The summed E-state index contributed by atoms with van der Waals surface area (Å²) in [4.78, 5) is 4.58. The summed E-state index contributed by atoms with van der Waals surface area (Å²) in [5.41, 5.74) is 3.01. The van der Waals surface area contributed by atoms with E-state index in [0.717, 1.165) is 35.1 Å². The van der Waals surface area contributed by atoms with Crippen molar-refractivity contribution in [2.75, 3.05) is 11.9 Å². The summed E-state index contributed by atoms with van der Waals surface area (Å²) < 4.78 is 5.76. The Kier molecular flexibility index (Phi) is 4.47. The van der Waals surface area contributed by atoms with Crippen LogP contribution in [0, 0.1) is 5.92 Å². The van der Waals surface area contributed by atoms with Crippen LogP contribution in [0.5, 0.6) is 0 Å². The molecule has 21 heavy (non-hydrogen) atoms. The summed E-state index contributed by atoms with van der Waals surface area (Å²) in [6, 6.07) is 6.25. The van der Waals surface area contributed by atoms with E-state index in [0.29, 0.717) is 5.92 Å². The molecule has 1 aliphatic rings. The van der Waals surface area contributed by atoms with E-state index in [9.17, 15) is 0 Å². The van der Waals surface area contributed by atoms with Gasteiger partial charge in [-0.25, -0.2) is 4.98 Å². The van der Waals surface area contributed by atoms with Crippen LogP contribution in [0.2, 0.25) is 0 Å². The molecule has 0 atom stereocenters. The molecule has 2 aromatic rings. The van der Waals surface area contributed by atoms with Crippen molar-refractivity contribution in [3.63, 3.8) is 0 Å². The Morgan fingerprint density at radius 2 is 1.95 bits per heavy atom. The molecular formula is C18H26N2O. The number of fused-ring (bicyclic) bond motifs is 1. The highest BCUT2D eigenvalue weighted by Crippen LogP contribution is 2.26. The summed E-state index contributed by atoms with van der Waals surface area (Å²) in [5.74, 6) is 1.98. The molecule has 1 saturated carbocycles. The lowest BCUT2D eigenvalue weighted by atomic mass is 10.0. The smallest absolute Gasteiger partial charge is 0.198 e. The summed E-state index contributed by atoms with van der Waals surface area (Å²) in [6.07, 6.45) is 8.37. The SMILES string of the molecule is CC(C)c1nc2cc(NCC3CCCCCC3)ccc2o1. The first kappa shape index (κ1) is 14.4. The van der Waals surface area contributed by atoms with Gasteiger partial charge in [-0.05, 0) is 37.0 Å². The number of oxazole rings is 1. The third-order valence-electron chi connectivity index (χ3n) is 4.47. The standard InChI is InChI=1S/C18H26N2O/c1-13(2)18-20-16-11-15(9-10-17(16)21-18)19-12-14-7-5-3-4-6-8-14/h9-11,13-14,19H,3-8,12H2,1-2H3. The van der Waals surface area contributed by atoms with E-state index in [1.54, 1.807) is 0 Å². The highest BCUT2D eigenvalue weighted by atomic mass is 16.3. The molecule has 1 fully saturated rings. The summed E-state index contributed by atoms with van der Waals surface area (Å²) in [6.45, 7) is 5.30. The van der Waals surface area contributed by atoms with Crippen LogP contribution in [0.1, 0.15) is 64.2 Å². The lowest BCUT2D eigenvalue weighted by Gasteiger charge is -2.15. The molecule has 1 aliphatic carbocycles. The molecular weight excluding hydrogens is 260 g/mol. The van der Waals surface area contributed by atoms with Crippen molar-refractivity contribution in [1.82, 2.24) is 4.98 Å². The molecule has 0 spiro atoms.